The van der Waals surface area contributed by atoms with E-state index >= 15 is 0 Å². The lowest BCUT2D eigenvalue weighted by Crippen LogP contribution is -2.29. The van der Waals surface area contributed by atoms with E-state index in [4.69, 9.17) is 0 Å². The zero-order chi connectivity index (χ0) is 12.2. The summed E-state index contributed by atoms with van der Waals surface area (Å²) < 4.78 is 1.75. The van der Waals surface area contributed by atoms with Crippen LogP contribution in [0.1, 0.15) is 12.8 Å². The Hall–Kier alpha value is -1.88. The first-order chi connectivity index (χ1) is 8.92. The average Bonchev–Trinajstić information content (AvgIpc) is 3.10. The van der Waals surface area contributed by atoms with Gasteiger partial charge in [0.1, 0.15) is 0 Å². The van der Waals surface area contributed by atoms with Crippen molar-refractivity contribution in [2.75, 3.05) is 18.4 Å². The van der Waals surface area contributed by atoms with E-state index in [1.54, 1.807) is 10.9 Å². The van der Waals surface area contributed by atoms with Gasteiger partial charge in [-0.2, -0.15) is 5.10 Å². The van der Waals surface area contributed by atoms with E-state index < -0.39 is 0 Å². The molecule has 1 fully saturated rings. The summed E-state index contributed by atoms with van der Waals surface area (Å²) in [5, 5.41) is 11.0. The number of nitrogens with one attached hydrogen (secondary N) is 2. The van der Waals surface area contributed by atoms with Gasteiger partial charge in [0.2, 0.25) is 0 Å². The van der Waals surface area contributed by atoms with Gasteiger partial charge in [0.25, 0.3) is 0 Å². The van der Waals surface area contributed by atoms with Gasteiger partial charge in [0, 0.05) is 25.0 Å². The van der Waals surface area contributed by atoms with Crippen LogP contribution in [0.15, 0.2) is 36.8 Å². The second-order valence-electron chi connectivity index (χ2n) is 4.53. The number of aromatic nitrogens is 3. The normalized spacial score (nSPS) is 19.0. The van der Waals surface area contributed by atoms with E-state index in [0.717, 1.165) is 24.6 Å². The molecule has 3 heterocycles. The second-order valence-corrected chi connectivity index (χ2v) is 4.53. The Bertz CT molecular complexity index is 471. The summed E-state index contributed by atoms with van der Waals surface area (Å²) in [5.74, 6) is 0.838. The van der Waals surface area contributed by atoms with Crippen LogP contribution < -0.4 is 10.6 Å². The fourth-order valence-electron chi connectivity index (χ4n) is 2.20. The number of hydrogen-bond donors (Lipinski definition) is 2. The van der Waals surface area contributed by atoms with Gasteiger partial charge < -0.3 is 10.6 Å². The predicted octanol–water partition coefficient (Wildman–Crippen LogP) is 1.43. The quantitative estimate of drug-likeness (QED) is 0.853. The number of anilines is 1. The molecule has 2 aromatic rings. The average molecular weight is 243 g/mol. The summed E-state index contributed by atoms with van der Waals surface area (Å²) in [6.07, 6.45) is 8.03. The van der Waals surface area contributed by atoms with E-state index in [2.05, 4.69) is 20.7 Å². The molecule has 94 valence electrons. The van der Waals surface area contributed by atoms with Crippen LogP contribution in [0.2, 0.25) is 0 Å². The Morgan fingerprint density at radius 3 is 3.11 bits per heavy atom. The molecule has 1 unspecified atom stereocenters. The highest BCUT2D eigenvalue weighted by Gasteiger charge is 2.13. The first-order valence-electron chi connectivity index (χ1n) is 6.35. The van der Waals surface area contributed by atoms with Crippen LogP contribution in [0.3, 0.4) is 0 Å². The number of pyridine rings is 1. The third-order valence-corrected chi connectivity index (χ3v) is 3.20. The molecule has 18 heavy (non-hydrogen) atoms. The molecule has 2 aromatic heterocycles. The summed E-state index contributed by atoms with van der Waals surface area (Å²) in [7, 11) is 0. The zero-order valence-corrected chi connectivity index (χ0v) is 10.2. The molecule has 0 saturated carbocycles. The molecule has 2 N–H and O–H groups in total. The Morgan fingerprint density at radius 2 is 2.44 bits per heavy atom. The highest BCUT2D eigenvalue weighted by Crippen LogP contribution is 2.11. The van der Waals surface area contributed by atoms with Crippen LogP contribution in [-0.4, -0.2) is 33.9 Å². The van der Waals surface area contributed by atoms with Gasteiger partial charge in [0.05, 0.1) is 11.9 Å². The SMILES string of the molecule is c1cnn(-c2ccc(NCC3CCCN3)cn2)c1. The van der Waals surface area contributed by atoms with Gasteiger partial charge in [-0.15, -0.1) is 0 Å². The Labute approximate surface area is 106 Å². The molecule has 0 bridgehead atoms. The molecule has 0 aromatic carbocycles. The maximum absolute atomic E-state index is 4.38. The third kappa shape index (κ3) is 2.51. The number of rotatable bonds is 4. The lowest BCUT2D eigenvalue weighted by molar-refractivity contribution is 0.633. The lowest BCUT2D eigenvalue weighted by Gasteiger charge is -2.12. The summed E-state index contributed by atoms with van der Waals surface area (Å²) >= 11 is 0. The second kappa shape index (κ2) is 5.18. The molecule has 1 aliphatic rings. The monoisotopic (exact) mass is 243 g/mol. The van der Waals surface area contributed by atoms with Crippen LogP contribution in [0.4, 0.5) is 5.69 Å². The largest absolute Gasteiger partial charge is 0.382 e. The van der Waals surface area contributed by atoms with Crippen LogP contribution >= 0.6 is 0 Å². The Balaban J connectivity index is 1.60. The summed E-state index contributed by atoms with van der Waals surface area (Å²) in [6, 6.07) is 6.49. The van der Waals surface area contributed by atoms with Gasteiger partial charge in [-0.05, 0) is 37.6 Å². The minimum Gasteiger partial charge on any atom is -0.382 e. The first kappa shape index (κ1) is 11.2. The van der Waals surface area contributed by atoms with Crippen molar-refractivity contribution in [1.82, 2.24) is 20.1 Å². The molecule has 0 radical (unpaired) electrons. The summed E-state index contributed by atoms with van der Waals surface area (Å²) in [5.41, 5.74) is 1.06. The van der Waals surface area contributed by atoms with Gasteiger partial charge in [-0.1, -0.05) is 0 Å². The van der Waals surface area contributed by atoms with Crippen molar-refractivity contribution in [3.05, 3.63) is 36.8 Å². The van der Waals surface area contributed by atoms with E-state index in [1.165, 1.54) is 12.8 Å². The molecule has 1 atom stereocenters. The molecule has 0 aliphatic carbocycles. The molecule has 5 nitrogen and oxygen atoms in total. The minimum atomic E-state index is 0.593. The Morgan fingerprint density at radius 1 is 1.44 bits per heavy atom. The molecule has 1 saturated heterocycles. The van der Waals surface area contributed by atoms with Crippen molar-refractivity contribution in [3.63, 3.8) is 0 Å². The van der Waals surface area contributed by atoms with Crippen molar-refractivity contribution in [2.45, 2.75) is 18.9 Å². The Kier molecular flexibility index (Phi) is 3.23. The number of nitrogens with zero attached hydrogens (tertiary/aromatic N) is 3. The first-order valence-corrected chi connectivity index (χ1v) is 6.35. The highest BCUT2D eigenvalue weighted by atomic mass is 15.3. The number of hydrogen-bond acceptors (Lipinski definition) is 4. The standard InChI is InChI=1S/C13H17N5/c1-3-11(14-6-1)9-15-12-4-5-13(16-10-12)18-8-2-7-17-18/h2,4-5,7-8,10-11,14-15H,1,3,6,9H2. The van der Waals surface area contributed by atoms with Gasteiger partial charge in [0.15, 0.2) is 5.82 Å². The van der Waals surface area contributed by atoms with E-state index in [1.807, 2.05) is 30.6 Å². The van der Waals surface area contributed by atoms with Gasteiger partial charge >= 0.3 is 0 Å². The maximum atomic E-state index is 4.38. The zero-order valence-electron chi connectivity index (χ0n) is 10.2. The topological polar surface area (TPSA) is 54.8 Å². The summed E-state index contributed by atoms with van der Waals surface area (Å²) in [6.45, 7) is 2.10. The third-order valence-electron chi connectivity index (χ3n) is 3.20. The smallest absolute Gasteiger partial charge is 0.153 e. The molecule has 5 heteroatoms. The van der Waals surface area contributed by atoms with Crippen LogP contribution in [0, 0.1) is 0 Å². The van der Waals surface area contributed by atoms with Crippen molar-refractivity contribution >= 4 is 5.69 Å². The van der Waals surface area contributed by atoms with E-state index in [-0.39, 0.29) is 0 Å². The van der Waals surface area contributed by atoms with E-state index in [0.29, 0.717) is 6.04 Å². The van der Waals surface area contributed by atoms with Crippen molar-refractivity contribution in [3.8, 4) is 5.82 Å². The summed E-state index contributed by atoms with van der Waals surface area (Å²) in [4.78, 5) is 4.38. The van der Waals surface area contributed by atoms with Crippen LogP contribution in [-0.2, 0) is 0 Å². The van der Waals surface area contributed by atoms with Gasteiger partial charge in [-0.3, -0.25) is 0 Å². The minimum absolute atomic E-state index is 0.593. The highest BCUT2D eigenvalue weighted by molar-refractivity contribution is 5.43. The molecule has 3 rings (SSSR count). The molecular formula is C13H17N5. The molecular weight excluding hydrogens is 226 g/mol. The van der Waals surface area contributed by atoms with Gasteiger partial charge in [-0.25, -0.2) is 9.67 Å². The molecule has 0 spiro atoms. The van der Waals surface area contributed by atoms with Crippen LogP contribution in [0.25, 0.3) is 5.82 Å². The fraction of sp³-hybridized carbons (Fsp3) is 0.385. The predicted molar refractivity (Wildman–Crippen MR) is 70.9 cm³/mol. The van der Waals surface area contributed by atoms with Crippen molar-refractivity contribution < 1.29 is 0 Å². The lowest BCUT2D eigenvalue weighted by atomic mass is 10.2. The van der Waals surface area contributed by atoms with Crippen LogP contribution in [0.5, 0.6) is 0 Å². The van der Waals surface area contributed by atoms with Crippen molar-refractivity contribution in [2.24, 2.45) is 0 Å². The molecule has 1 aliphatic heterocycles. The van der Waals surface area contributed by atoms with Crippen molar-refractivity contribution in [1.29, 1.82) is 0 Å². The molecule has 0 amide bonds. The van der Waals surface area contributed by atoms with E-state index in [9.17, 15) is 0 Å². The fourth-order valence-corrected chi connectivity index (χ4v) is 2.20. The maximum Gasteiger partial charge on any atom is 0.153 e.